The SMILES string of the molecule is CC/C=C\C/C=C\C/C=C\C/C=C\CCC(=O)OC(COC(=O)CCCCCCCC)COC(OCC[N+](C)(C)C)C(=O)O. The van der Waals surface area contributed by atoms with Crippen LogP contribution in [0.2, 0.25) is 0 Å². The van der Waals surface area contributed by atoms with Crippen molar-refractivity contribution in [1.82, 2.24) is 0 Å². The molecule has 0 rings (SSSR count). The van der Waals surface area contributed by atoms with Crippen LogP contribution in [0.4, 0.5) is 0 Å². The lowest BCUT2D eigenvalue weighted by Crippen LogP contribution is -2.40. The molecule has 0 saturated heterocycles. The molecule has 0 aromatic rings. The summed E-state index contributed by atoms with van der Waals surface area (Å²) >= 11 is 0. The van der Waals surface area contributed by atoms with Crippen LogP contribution in [0.15, 0.2) is 48.6 Å². The second kappa shape index (κ2) is 27.8. The number of carboxylic acids is 1. The van der Waals surface area contributed by atoms with Crippen molar-refractivity contribution in [2.45, 2.75) is 110 Å². The predicted molar refractivity (Wildman–Crippen MR) is 175 cm³/mol. The van der Waals surface area contributed by atoms with Gasteiger partial charge in [0.25, 0.3) is 6.29 Å². The number of hydrogen-bond acceptors (Lipinski definition) is 7. The zero-order valence-electron chi connectivity index (χ0n) is 28.0. The maximum Gasteiger partial charge on any atom is 0.361 e. The van der Waals surface area contributed by atoms with Crippen molar-refractivity contribution in [3.63, 3.8) is 0 Å². The van der Waals surface area contributed by atoms with Crippen molar-refractivity contribution in [2.24, 2.45) is 0 Å². The van der Waals surface area contributed by atoms with Gasteiger partial charge in [0.05, 0.1) is 34.4 Å². The van der Waals surface area contributed by atoms with Crippen molar-refractivity contribution in [2.75, 3.05) is 47.5 Å². The molecule has 0 bridgehead atoms. The van der Waals surface area contributed by atoms with Gasteiger partial charge >= 0.3 is 17.9 Å². The fourth-order valence-corrected chi connectivity index (χ4v) is 3.79. The molecule has 0 aromatic carbocycles. The molecule has 0 aliphatic rings. The van der Waals surface area contributed by atoms with Crippen molar-refractivity contribution in [1.29, 1.82) is 0 Å². The van der Waals surface area contributed by atoms with E-state index >= 15 is 0 Å². The smallest absolute Gasteiger partial charge is 0.361 e. The maximum atomic E-state index is 12.5. The molecule has 0 spiro atoms. The summed E-state index contributed by atoms with van der Waals surface area (Å²) in [6.45, 7) is 4.54. The number of carboxylic acid groups (broad SMARTS) is 1. The molecule has 0 aliphatic heterocycles. The fourth-order valence-electron chi connectivity index (χ4n) is 3.79. The number of unbranched alkanes of at least 4 members (excludes halogenated alkanes) is 5. The zero-order chi connectivity index (χ0) is 32.9. The number of quaternary nitrogens is 1. The van der Waals surface area contributed by atoms with Gasteiger partial charge in [-0.25, -0.2) is 4.79 Å². The molecule has 0 amide bonds. The number of allylic oxidation sites excluding steroid dienone is 8. The summed E-state index contributed by atoms with van der Waals surface area (Å²) < 4.78 is 22.3. The summed E-state index contributed by atoms with van der Waals surface area (Å²) in [7, 11) is 5.90. The van der Waals surface area contributed by atoms with E-state index < -0.39 is 24.3 Å². The molecule has 1 N–H and O–H groups in total. The van der Waals surface area contributed by atoms with Gasteiger partial charge in [0.1, 0.15) is 13.2 Å². The number of aliphatic carboxylic acids is 1. The van der Waals surface area contributed by atoms with Crippen molar-refractivity contribution >= 4 is 17.9 Å². The van der Waals surface area contributed by atoms with Gasteiger partial charge in [-0.2, -0.15) is 0 Å². The lowest BCUT2D eigenvalue weighted by Gasteiger charge is -2.25. The van der Waals surface area contributed by atoms with Crippen LogP contribution < -0.4 is 0 Å². The monoisotopic (exact) mass is 622 g/mol. The molecule has 252 valence electrons. The molecule has 0 fully saturated rings. The van der Waals surface area contributed by atoms with Gasteiger partial charge in [-0.15, -0.1) is 0 Å². The molecule has 2 unspecified atom stereocenters. The summed E-state index contributed by atoms with van der Waals surface area (Å²) in [6, 6.07) is 0. The highest BCUT2D eigenvalue weighted by atomic mass is 16.7. The van der Waals surface area contributed by atoms with E-state index in [4.69, 9.17) is 18.9 Å². The molecule has 44 heavy (non-hydrogen) atoms. The van der Waals surface area contributed by atoms with E-state index in [1.165, 1.54) is 6.42 Å². The summed E-state index contributed by atoms with van der Waals surface area (Å²) in [5.74, 6) is -2.14. The topological polar surface area (TPSA) is 108 Å². The first-order valence-electron chi connectivity index (χ1n) is 16.3. The minimum absolute atomic E-state index is 0.138. The number of ether oxygens (including phenoxy) is 4. The second-order valence-corrected chi connectivity index (χ2v) is 11.7. The summed E-state index contributed by atoms with van der Waals surface area (Å²) in [4.78, 5) is 36.4. The maximum absolute atomic E-state index is 12.5. The van der Waals surface area contributed by atoms with Gasteiger partial charge in [0.15, 0.2) is 6.10 Å². The quantitative estimate of drug-likeness (QED) is 0.0329. The van der Waals surface area contributed by atoms with Crippen LogP contribution in [0.5, 0.6) is 0 Å². The van der Waals surface area contributed by atoms with E-state index in [0.29, 0.717) is 17.4 Å². The van der Waals surface area contributed by atoms with E-state index in [1.807, 2.05) is 33.3 Å². The third-order valence-electron chi connectivity index (χ3n) is 6.36. The molecule has 2 atom stereocenters. The Labute approximate surface area is 266 Å². The van der Waals surface area contributed by atoms with E-state index in [1.54, 1.807) is 0 Å². The Hall–Kier alpha value is -2.75. The Morgan fingerprint density at radius 2 is 1.30 bits per heavy atom. The lowest BCUT2D eigenvalue weighted by molar-refractivity contribution is -0.870. The third kappa shape index (κ3) is 28.0. The third-order valence-corrected chi connectivity index (χ3v) is 6.36. The molecule has 0 radical (unpaired) electrons. The largest absolute Gasteiger partial charge is 0.477 e. The Morgan fingerprint density at radius 3 is 1.89 bits per heavy atom. The number of carbonyl (C=O) groups is 3. The van der Waals surface area contributed by atoms with Gasteiger partial charge in [0, 0.05) is 12.8 Å². The number of carbonyl (C=O) groups excluding carboxylic acids is 2. The number of nitrogens with zero attached hydrogens (tertiary/aromatic N) is 1. The van der Waals surface area contributed by atoms with Crippen LogP contribution in [0.3, 0.4) is 0 Å². The molecule has 0 aliphatic carbocycles. The first-order valence-corrected chi connectivity index (χ1v) is 16.3. The normalized spacial score (nSPS) is 13.8. The molecular formula is C35H60NO8+. The van der Waals surface area contributed by atoms with E-state index in [2.05, 4.69) is 50.3 Å². The first-order chi connectivity index (χ1) is 21.1. The van der Waals surface area contributed by atoms with Crippen LogP contribution in [-0.2, 0) is 33.3 Å². The Balaban J connectivity index is 4.75. The van der Waals surface area contributed by atoms with Crippen LogP contribution >= 0.6 is 0 Å². The molecular weight excluding hydrogens is 562 g/mol. The van der Waals surface area contributed by atoms with Gasteiger partial charge in [0.2, 0.25) is 0 Å². The minimum atomic E-state index is -1.52. The predicted octanol–water partition coefficient (Wildman–Crippen LogP) is 6.93. The number of rotatable bonds is 28. The zero-order valence-corrected chi connectivity index (χ0v) is 28.0. The lowest BCUT2D eigenvalue weighted by atomic mass is 10.1. The van der Waals surface area contributed by atoms with Crippen LogP contribution in [-0.4, -0.2) is 87.4 Å². The van der Waals surface area contributed by atoms with Crippen molar-refractivity contribution in [3.8, 4) is 0 Å². The number of hydrogen-bond donors (Lipinski definition) is 1. The molecule has 9 heteroatoms. The Morgan fingerprint density at radius 1 is 0.705 bits per heavy atom. The van der Waals surface area contributed by atoms with E-state index in [9.17, 15) is 19.5 Å². The van der Waals surface area contributed by atoms with Crippen molar-refractivity contribution in [3.05, 3.63) is 48.6 Å². The molecule has 0 saturated carbocycles. The summed E-state index contributed by atoms with van der Waals surface area (Å²) in [6.07, 6.45) is 25.1. The van der Waals surface area contributed by atoms with Crippen LogP contribution in [0.25, 0.3) is 0 Å². The Kier molecular flexibility index (Phi) is 26.0. The van der Waals surface area contributed by atoms with E-state index in [0.717, 1.165) is 57.8 Å². The summed E-state index contributed by atoms with van der Waals surface area (Å²) in [5.41, 5.74) is 0. The van der Waals surface area contributed by atoms with Crippen LogP contribution in [0.1, 0.15) is 97.3 Å². The van der Waals surface area contributed by atoms with Gasteiger partial charge in [-0.3, -0.25) is 9.59 Å². The first kappa shape index (κ1) is 41.2. The number of esters is 2. The fraction of sp³-hybridized carbons (Fsp3) is 0.686. The standard InChI is InChI=1S/C35H59NO8/c1-6-8-10-12-14-15-16-17-18-19-20-22-24-26-33(38)44-31(29-42-32(37)25-23-21-13-11-9-7-2)30-43-35(34(39)40)41-28-27-36(3,4)5/h8,10,14-15,17-18,20,22,31,35H,6-7,9,11-13,16,19,21,23-30H2,1-5H3/p+1/b10-8-,15-14-,18-17-,22-20-. The van der Waals surface area contributed by atoms with Gasteiger partial charge in [-0.1, -0.05) is 94.6 Å². The Bertz CT molecular complexity index is 872. The van der Waals surface area contributed by atoms with E-state index in [-0.39, 0.29) is 38.6 Å². The van der Waals surface area contributed by atoms with Crippen molar-refractivity contribution < 1.29 is 42.9 Å². The highest BCUT2D eigenvalue weighted by molar-refractivity contribution is 5.71. The number of likely N-dealkylation sites (N-methyl/N-ethyl adjacent to an activating group) is 1. The minimum Gasteiger partial charge on any atom is -0.477 e. The van der Waals surface area contributed by atoms with Gasteiger partial charge < -0.3 is 28.5 Å². The molecule has 0 aromatic heterocycles. The van der Waals surface area contributed by atoms with Crippen LogP contribution in [0, 0.1) is 0 Å². The second-order valence-electron chi connectivity index (χ2n) is 11.7. The molecule has 0 heterocycles. The molecule has 9 nitrogen and oxygen atoms in total. The highest BCUT2D eigenvalue weighted by Gasteiger charge is 2.24. The average molecular weight is 623 g/mol. The highest BCUT2D eigenvalue weighted by Crippen LogP contribution is 2.09. The van der Waals surface area contributed by atoms with Gasteiger partial charge in [-0.05, 0) is 38.5 Å². The summed E-state index contributed by atoms with van der Waals surface area (Å²) in [5, 5.41) is 9.51. The average Bonchev–Trinajstić information content (AvgIpc) is 2.96.